The quantitative estimate of drug-likeness (QED) is 0.580. The van der Waals surface area contributed by atoms with Crippen molar-refractivity contribution in [3.8, 4) is 0 Å². The third kappa shape index (κ3) is 4.62. The Kier molecular flexibility index (Phi) is 6.34. The van der Waals surface area contributed by atoms with Crippen LogP contribution in [0.15, 0.2) is 53.3 Å². The van der Waals surface area contributed by atoms with Crippen LogP contribution in [-0.4, -0.2) is 27.6 Å². The van der Waals surface area contributed by atoms with E-state index in [4.69, 9.17) is 18.0 Å². The van der Waals surface area contributed by atoms with E-state index in [2.05, 4.69) is 16.8 Å². The molecule has 2 heterocycles. The van der Waals surface area contributed by atoms with Gasteiger partial charge in [0.1, 0.15) is 0 Å². The summed E-state index contributed by atoms with van der Waals surface area (Å²) in [4.78, 5) is 24.6. The number of hydrogen-bond acceptors (Lipinski definition) is 4. The van der Waals surface area contributed by atoms with Gasteiger partial charge in [-0.1, -0.05) is 24.3 Å². The average molecular weight is 437 g/mol. The molecule has 1 aromatic heterocycles. The van der Waals surface area contributed by atoms with Crippen molar-refractivity contribution in [1.82, 2.24) is 14.5 Å². The van der Waals surface area contributed by atoms with Gasteiger partial charge in [-0.3, -0.25) is 14.2 Å². The second-order valence-electron chi connectivity index (χ2n) is 8.44. The van der Waals surface area contributed by atoms with E-state index in [1.807, 2.05) is 36.4 Å². The predicted molar refractivity (Wildman–Crippen MR) is 126 cm³/mol. The number of amides is 1. The van der Waals surface area contributed by atoms with E-state index >= 15 is 0 Å². The lowest BCUT2D eigenvalue weighted by Gasteiger charge is -2.28. The van der Waals surface area contributed by atoms with Crippen molar-refractivity contribution < 1.29 is 4.79 Å². The van der Waals surface area contributed by atoms with Crippen molar-refractivity contribution in [2.24, 2.45) is 11.7 Å². The maximum Gasteiger partial charge on any atom is 0.262 e. The van der Waals surface area contributed by atoms with Crippen LogP contribution in [-0.2, 0) is 13.1 Å². The minimum atomic E-state index is -0.469. The van der Waals surface area contributed by atoms with E-state index in [1.165, 1.54) is 6.42 Å². The number of carbonyl (C=O) groups excluding carboxylic acids is 1. The van der Waals surface area contributed by atoms with E-state index in [0.29, 0.717) is 34.2 Å². The molecule has 0 radical (unpaired) electrons. The minimum absolute atomic E-state index is 0.0914. The second kappa shape index (κ2) is 9.16. The number of para-hydroxylation sites is 1. The number of fused-ring (bicyclic) bond motifs is 1. The van der Waals surface area contributed by atoms with Crippen molar-refractivity contribution in [3.63, 3.8) is 0 Å². The van der Waals surface area contributed by atoms with Crippen LogP contribution < -0.4 is 16.6 Å². The van der Waals surface area contributed by atoms with Crippen LogP contribution in [0.25, 0.3) is 10.9 Å². The molecule has 3 N–H and O–H groups in total. The summed E-state index contributed by atoms with van der Waals surface area (Å²) < 4.78 is 4.29. The van der Waals surface area contributed by atoms with Crippen molar-refractivity contribution in [2.75, 3.05) is 6.54 Å². The summed E-state index contributed by atoms with van der Waals surface area (Å²) in [6.07, 6.45) is 3.37. The lowest BCUT2D eigenvalue weighted by molar-refractivity contribution is 0.100. The average Bonchev–Trinajstić information content (AvgIpc) is 2.77. The molecule has 0 spiro atoms. The molecule has 3 aromatic rings. The molecule has 2 atom stereocenters. The first-order chi connectivity index (χ1) is 14.9. The lowest BCUT2D eigenvalue weighted by Crippen LogP contribution is -2.36. The van der Waals surface area contributed by atoms with Crippen LogP contribution >= 0.6 is 12.2 Å². The van der Waals surface area contributed by atoms with Crippen molar-refractivity contribution >= 4 is 29.0 Å². The molecule has 0 bridgehead atoms. The number of piperidine rings is 1. The number of benzene rings is 2. The van der Waals surface area contributed by atoms with Gasteiger partial charge in [0, 0.05) is 18.2 Å². The van der Waals surface area contributed by atoms with Gasteiger partial charge in [0.2, 0.25) is 5.91 Å². The molecule has 1 fully saturated rings. The van der Waals surface area contributed by atoms with Gasteiger partial charge >= 0.3 is 0 Å². The molecule has 6 nitrogen and oxygen atoms in total. The second-order valence-corrected chi connectivity index (χ2v) is 8.80. The third-order valence-electron chi connectivity index (χ3n) is 6.20. The molecule has 7 heteroatoms. The van der Waals surface area contributed by atoms with Gasteiger partial charge < -0.3 is 15.6 Å². The molecule has 1 aliphatic rings. The number of primary amides is 1. The number of nitrogens with zero attached hydrogens (tertiary/aromatic N) is 2. The lowest BCUT2D eigenvalue weighted by atomic mass is 9.90. The Hall–Kier alpha value is -2.77. The van der Waals surface area contributed by atoms with E-state index in [9.17, 15) is 9.59 Å². The molecule has 1 saturated heterocycles. The van der Waals surface area contributed by atoms with E-state index in [1.54, 1.807) is 16.7 Å². The molecule has 2 unspecified atom stereocenters. The Labute approximate surface area is 186 Å². The van der Waals surface area contributed by atoms with Crippen LogP contribution in [0.2, 0.25) is 0 Å². The summed E-state index contributed by atoms with van der Waals surface area (Å²) >= 11 is 5.80. The number of hydrogen-bond donors (Lipinski definition) is 2. The van der Waals surface area contributed by atoms with Crippen LogP contribution in [0.3, 0.4) is 0 Å². The molecule has 4 rings (SSSR count). The Morgan fingerprint density at radius 2 is 1.90 bits per heavy atom. The largest absolute Gasteiger partial charge is 0.366 e. The maximum absolute atomic E-state index is 13.2. The van der Waals surface area contributed by atoms with Crippen LogP contribution in [0.4, 0.5) is 0 Å². The zero-order chi connectivity index (χ0) is 22.0. The zero-order valence-electron chi connectivity index (χ0n) is 17.7. The van der Waals surface area contributed by atoms with Gasteiger partial charge in [-0.25, -0.2) is 0 Å². The molecular weight excluding hydrogens is 408 g/mol. The summed E-state index contributed by atoms with van der Waals surface area (Å²) in [5.74, 6) is 0.182. The van der Waals surface area contributed by atoms with E-state index in [0.717, 1.165) is 37.0 Å². The van der Waals surface area contributed by atoms with Gasteiger partial charge in [-0.2, -0.15) is 0 Å². The summed E-state index contributed by atoms with van der Waals surface area (Å²) in [6.45, 7) is 4.43. The molecule has 0 aliphatic carbocycles. The minimum Gasteiger partial charge on any atom is -0.366 e. The molecular formula is C24H28N4O2S. The SMILES string of the molecule is CC1CC(CCn2c(=S)n(Cc3ccc(C(N)=O)cc3)c(=O)c3ccccc32)CCN1. The summed E-state index contributed by atoms with van der Waals surface area (Å²) in [6, 6.07) is 15.2. The van der Waals surface area contributed by atoms with Gasteiger partial charge in [-0.05, 0) is 80.7 Å². The number of nitrogens with two attached hydrogens (primary N) is 1. The van der Waals surface area contributed by atoms with Gasteiger partial charge in [0.05, 0.1) is 17.4 Å². The van der Waals surface area contributed by atoms with Gasteiger partial charge in [-0.15, -0.1) is 0 Å². The number of aryl methyl sites for hydroxylation is 1. The van der Waals surface area contributed by atoms with Gasteiger partial charge in [0.25, 0.3) is 5.56 Å². The predicted octanol–water partition coefficient (Wildman–Crippen LogP) is 3.46. The highest BCUT2D eigenvalue weighted by molar-refractivity contribution is 7.71. The monoisotopic (exact) mass is 436 g/mol. The molecule has 1 aliphatic heterocycles. The fourth-order valence-corrected chi connectivity index (χ4v) is 4.83. The number of aromatic nitrogens is 2. The van der Waals surface area contributed by atoms with Crippen molar-refractivity contribution in [2.45, 2.75) is 45.3 Å². The van der Waals surface area contributed by atoms with E-state index < -0.39 is 5.91 Å². The summed E-state index contributed by atoms with van der Waals surface area (Å²) in [5.41, 5.74) is 7.47. The summed E-state index contributed by atoms with van der Waals surface area (Å²) in [5, 5.41) is 4.17. The fourth-order valence-electron chi connectivity index (χ4n) is 4.49. The fraction of sp³-hybridized carbons (Fsp3) is 0.375. The highest BCUT2D eigenvalue weighted by Crippen LogP contribution is 2.22. The molecule has 162 valence electrons. The molecule has 1 amide bonds. The van der Waals surface area contributed by atoms with Crippen LogP contribution in [0, 0.1) is 10.7 Å². The van der Waals surface area contributed by atoms with E-state index in [-0.39, 0.29) is 5.56 Å². The number of carbonyl (C=O) groups is 1. The summed E-state index contributed by atoms with van der Waals surface area (Å²) in [7, 11) is 0. The molecule has 2 aromatic carbocycles. The zero-order valence-corrected chi connectivity index (χ0v) is 18.5. The topological polar surface area (TPSA) is 82.0 Å². The Balaban J connectivity index is 1.69. The smallest absolute Gasteiger partial charge is 0.262 e. The normalized spacial score (nSPS) is 18.9. The molecule has 0 saturated carbocycles. The third-order valence-corrected chi connectivity index (χ3v) is 6.65. The van der Waals surface area contributed by atoms with Crippen LogP contribution in [0.1, 0.15) is 42.1 Å². The van der Waals surface area contributed by atoms with Crippen molar-refractivity contribution in [1.29, 1.82) is 0 Å². The number of rotatable bonds is 6. The Morgan fingerprint density at radius 3 is 2.61 bits per heavy atom. The highest BCUT2D eigenvalue weighted by Gasteiger charge is 2.19. The van der Waals surface area contributed by atoms with Crippen LogP contribution in [0.5, 0.6) is 0 Å². The standard InChI is InChI=1S/C24H28N4O2S/c1-16-14-17(10-12-26-16)11-13-27-21-5-3-2-4-20(21)23(30)28(24(27)31)15-18-6-8-19(9-7-18)22(25)29/h2-9,16-17,26H,10-15H2,1H3,(H2,25,29). The maximum atomic E-state index is 13.2. The Morgan fingerprint density at radius 1 is 1.16 bits per heavy atom. The first-order valence-electron chi connectivity index (χ1n) is 10.8. The molecule has 31 heavy (non-hydrogen) atoms. The number of nitrogens with one attached hydrogen (secondary N) is 1. The van der Waals surface area contributed by atoms with Gasteiger partial charge in [0.15, 0.2) is 4.77 Å². The Bertz CT molecular complexity index is 1210. The highest BCUT2D eigenvalue weighted by atomic mass is 32.1. The first-order valence-corrected chi connectivity index (χ1v) is 11.2. The van der Waals surface area contributed by atoms with Crippen molar-refractivity contribution in [3.05, 3.63) is 74.8 Å². The first kappa shape index (κ1) is 21.5.